The van der Waals surface area contributed by atoms with Crippen LogP contribution in [-0.2, 0) is 4.74 Å². The van der Waals surface area contributed by atoms with Gasteiger partial charge in [-0.2, -0.15) is 0 Å². The summed E-state index contributed by atoms with van der Waals surface area (Å²) in [5.74, 6) is 0.524. The second-order valence-corrected chi connectivity index (χ2v) is 10.3. The van der Waals surface area contributed by atoms with Crippen LogP contribution in [0.25, 0.3) is 22.2 Å². The normalized spacial score (nSPS) is 19.3. The molecule has 3 fully saturated rings. The Labute approximate surface area is 201 Å². The highest BCUT2D eigenvalue weighted by molar-refractivity contribution is 6.02. The summed E-state index contributed by atoms with van der Waals surface area (Å²) in [5, 5.41) is 4.00. The first-order chi connectivity index (χ1) is 16.6. The highest BCUT2D eigenvalue weighted by atomic mass is 16.6. The van der Waals surface area contributed by atoms with Gasteiger partial charge in [0.1, 0.15) is 6.10 Å². The number of fused-ring (bicyclic) bond motifs is 1. The van der Waals surface area contributed by atoms with Crippen molar-refractivity contribution in [1.82, 2.24) is 4.57 Å². The Morgan fingerprint density at radius 2 is 1.76 bits per heavy atom. The first kappa shape index (κ1) is 21.4. The summed E-state index contributed by atoms with van der Waals surface area (Å²) < 4.78 is 7.97. The summed E-state index contributed by atoms with van der Waals surface area (Å²) in [7, 11) is 0. The van der Waals surface area contributed by atoms with Crippen LogP contribution in [0, 0.1) is 5.92 Å². The zero-order chi connectivity index (χ0) is 23.2. The van der Waals surface area contributed by atoms with E-state index in [0.29, 0.717) is 12.0 Å². The fourth-order valence-corrected chi connectivity index (χ4v) is 5.51. The molecule has 178 valence electrons. The van der Waals surface area contributed by atoms with E-state index in [-0.39, 0.29) is 12.2 Å². The van der Waals surface area contributed by atoms with Gasteiger partial charge in [0.15, 0.2) is 0 Å². The summed E-state index contributed by atoms with van der Waals surface area (Å²) in [6.45, 7) is 4.24. The maximum atomic E-state index is 12.3. The topological polar surface area (TPSA) is 72.5 Å². The highest BCUT2D eigenvalue weighted by Gasteiger charge is 2.31. The molecule has 3 aliphatic rings. The zero-order valence-electron chi connectivity index (χ0n) is 19.9. The predicted molar refractivity (Wildman–Crippen MR) is 138 cm³/mol. The van der Waals surface area contributed by atoms with Crippen LogP contribution in [0.1, 0.15) is 57.9 Å². The van der Waals surface area contributed by atoms with E-state index in [0.717, 1.165) is 53.9 Å². The molecule has 1 aromatic heterocycles. The van der Waals surface area contributed by atoms with Gasteiger partial charge in [-0.1, -0.05) is 12.1 Å². The van der Waals surface area contributed by atoms with E-state index in [2.05, 4.69) is 45.1 Å². The second-order valence-electron chi connectivity index (χ2n) is 10.3. The van der Waals surface area contributed by atoms with Crippen molar-refractivity contribution < 1.29 is 9.53 Å². The van der Waals surface area contributed by atoms with Crippen LogP contribution < -0.4 is 16.0 Å². The van der Waals surface area contributed by atoms with Crippen molar-refractivity contribution in [1.29, 1.82) is 0 Å². The van der Waals surface area contributed by atoms with E-state index < -0.39 is 0 Å². The number of ether oxygens (including phenoxy) is 1. The van der Waals surface area contributed by atoms with Gasteiger partial charge >= 0.3 is 6.09 Å². The average Bonchev–Trinajstić information content (AvgIpc) is 3.44. The molecule has 1 amide bonds. The molecule has 3 N–H and O–H groups in total. The molecule has 2 heterocycles. The number of carbonyl (C=O) groups excluding carboxylic acids is 1. The Bertz CT molecular complexity index is 1200. The number of nitrogen functional groups attached to an aromatic ring is 1. The minimum absolute atomic E-state index is 0.0253. The van der Waals surface area contributed by atoms with Crippen molar-refractivity contribution in [3.8, 4) is 11.3 Å². The van der Waals surface area contributed by atoms with Gasteiger partial charge in [0.2, 0.25) is 0 Å². The summed E-state index contributed by atoms with van der Waals surface area (Å²) in [5.41, 5.74) is 13.1. The molecular formula is C28H34N4O2. The molecule has 2 aliphatic carbocycles. The van der Waals surface area contributed by atoms with Gasteiger partial charge in [-0.05, 0) is 88.1 Å². The van der Waals surface area contributed by atoms with Crippen molar-refractivity contribution >= 4 is 34.1 Å². The van der Waals surface area contributed by atoms with E-state index in [9.17, 15) is 4.79 Å². The van der Waals surface area contributed by atoms with Crippen LogP contribution >= 0.6 is 0 Å². The second kappa shape index (κ2) is 8.57. The third-order valence-corrected chi connectivity index (χ3v) is 7.92. The predicted octanol–water partition coefficient (Wildman–Crippen LogP) is 6.56. The lowest BCUT2D eigenvalue weighted by molar-refractivity contribution is 0.108. The van der Waals surface area contributed by atoms with Crippen molar-refractivity contribution in [3.05, 3.63) is 42.5 Å². The summed E-state index contributed by atoms with van der Waals surface area (Å²) in [4.78, 5) is 14.7. The number of carbonyl (C=O) groups is 1. The van der Waals surface area contributed by atoms with Crippen LogP contribution in [0.4, 0.5) is 21.9 Å². The fraction of sp³-hybridized carbons (Fsp3) is 0.464. The number of nitrogens with zero attached hydrogens (tertiary/aromatic N) is 2. The summed E-state index contributed by atoms with van der Waals surface area (Å²) in [6.07, 6.45) is 8.07. The fourth-order valence-electron chi connectivity index (χ4n) is 5.51. The lowest BCUT2D eigenvalue weighted by atomic mass is 9.92. The number of benzene rings is 2. The molecule has 6 rings (SSSR count). The molecule has 2 saturated carbocycles. The molecule has 2 aromatic carbocycles. The molecule has 6 heteroatoms. The standard InChI is InChI=1S/C28H34N4O2/c1-18(19-7-8-19)34-28(33)30-21-11-9-20(10-12-21)27-26(29)24-14-13-23(31-15-2-3-16-31)17-25(24)32(27)22-5-4-6-22/h9-14,17-19,22H,2-8,15-16,29H2,1H3,(H,30,33)/t18-/m1/s1. The minimum Gasteiger partial charge on any atom is -0.446 e. The van der Waals surface area contributed by atoms with Gasteiger partial charge in [-0.25, -0.2) is 4.79 Å². The van der Waals surface area contributed by atoms with Crippen LogP contribution in [0.15, 0.2) is 42.5 Å². The summed E-state index contributed by atoms with van der Waals surface area (Å²) >= 11 is 0. The number of rotatable bonds is 6. The van der Waals surface area contributed by atoms with E-state index in [1.54, 1.807) is 0 Å². The number of nitrogens with one attached hydrogen (secondary N) is 1. The van der Waals surface area contributed by atoms with E-state index in [4.69, 9.17) is 10.5 Å². The Morgan fingerprint density at radius 3 is 2.41 bits per heavy atom. The third-order valence-electron chi connectivity index (χ3n) is 7.92. The van der Waals surface area contributed by atoms with Crippen LogP contribution in [-0.4, -0.2) is 29.9 Å². The molecule has 1 aliphatic heterocycles. The molecule has 6 nitrogen and oxygen atoms in total. The van der Waals surface area contributed by atoms with Gasteiger partial charge in [0.25, 0.3) is 0 Å². The van der Waals surface area contributed by atoms with Gasteiger partial charge in [0, 0.05) is 41.5 Å². The number of anilines is 3. The lowest BCUT2D eigenvalue weighted by Crippen LogP contribution is -2.21. The highest BCUT2D eigenvalue weighted by Crippen LogP contribution is 2.45. The molecule has 0 spiro atoms. The molecule has 1 saturated heterocycles. The van der Waals surface area contributed by atoms with E-state index in [1.165, 1.54) is 43.3 Å². The molecule has 1 atom stereocenters. The Morgan fingerprint density at radius 1 is 1.03 bits per heavy atom. The number of hydrogen-bond donors (Lipinski definition) is 2. The Balaban J connectivity index is 1.31. The largest absolute Gasteiger partial charge is 0.446 e. The molecule has 0 bridgehead atoms. The SMILES string of the molecule is C[C@@H](OC(=O)Nc1ccc(-c2c(N)c3ccc(N4CCCC4)cc3n2C2CCC2)cc1)C1CC1. The molecular weight excluding hydrogens is 424 g/mol. The lowest BCUT2D eigenvalue weighted by Gasteiger charge is -2.30. The molecule has 3 aromatic rings. The quantitative estimate of drug-likeness (QED) is 0.439. The number of aromatic nitrogens is 1. The van der Waals surface area contributed by atoms with E-state index in [1.807, 2.05) is 19.1 Å². The number of nitrogens with two attached hydrogens (primary N) is 1. The average molecular weight is 459 g/mol. The number of hydrogen-bond acceptors (Lipinski definition) is 4. The smallest absolute Gasteiger partial charge is 0.411 e. The minimum atomic E-state index is -0.385. The monoisotopic (exact) mass is 458 g/mol. The zero-order valence-corrected chi connectivity index (χ0v) is 19.9. The van der Waals surface area contributed by atoms with Crippen LogP contribution in [0.2, 0.25) is 0 Å². The van der Waals surface area contributed by atoms with Crippen molar-refractivity contribution in [2.24, 2.45) is 5.92 Å². The van der Waals surface area contributed by atoms with E-state index >= 15 is 0 Å². The number of amides is 1. The molecule has 0 unspecified atom stereocenters. The molecule has 34 heavy (non-hydrogen) atoms. The Hall–Kier alpha value is -3.15. The Kier molecular flexibility index (Phi) is 5.39. The first-order valence-electron chi connectivity index (χ1n) is 12.8. The third kappa shape index (κ3) is 3.89. The van der Waals surface area contributed by atoms with Crippen LogP contribution in [0.5, 0.6) is 0 Å². The maximum absolute atomic E-state index is 12.3. The van der Waals surface area contributed by atoms with Gasteiger partial charge in [0.05, 0.1) is 16.9 Å². The van der Waals surface area contributed by atoms with Crippen molar-refractivity contribution in [2.75, 3.05) is 29.0 Å². The van der Waals surface area contributed by atoms with Gasteiger partial charge in [-0.15, -0.1) is 0 Å². The van der Waals surface area contributed by atoms with Gasteiger partial charge in [-0.3, -0.25) is 5.32 Å². The van der Waals surface area contributed by atoms with Crippen molar-refractivity contribution in [3.63, 3.8) is 0 Å². The van der Waals surface area contributed by atoms with Gasteiger partial charge < -0.3 is 19.9 Å². The molecule has 0 radical (unpaired) electrons. The summed E-state index contributed by atoms with van der Waals surface area (Å²) in [6, 6.07) is 15.2. The maximum Gasteiger partial charge on any atom is 0.411 e. The van der Waals surface area contributed by atoms with Crippen molar-refractivity contribution in [2.45, 2.75) is 64.0 Å². The first-order valence-corrected chi connectivity index (χ1v) is 12.8. The van der Waals surface area contributed by atoms with Crippen LogP contribution in [0.3, 0.4) is 0 Å².